The Bertz CT molecular complexity index is 269. The van der Waals surface area contributed by atoms with Crippen molar-refractivity contribution in [2.24, 2.45) is 5.92 Å². The molecule has 0 aromatic heterocycles. The zero-order valence-corrected chi connectivity index (χ0v) is 12.3. The van der Waals surface area contributed by atoms with Gasteiger partial charge in [0.25, 0.3) is 0 Å². The van der Waals surface area contributed by atoms with Crippen LogP contribution in [0.5, 0.6) is 0 Å². The molecule has 0 N–H and O–H groups in total. The minimum atomic E-state index is -0.135. The van der Waals surface area contributed by atoms with Gasteiger partial charge in [0, 0.05) is 38.4 Å². The maximum Gasteiger partial charge on any atom is 0.160 e. The predicted octanol–water partition coefficient (Wildman–Crippen LogP) is 2.47. The second-order valence-corrected chi connectivity index (χ2v) is 5.05. The maximum absolute atomic E-state index is 10.7. The van der Waals surface area contributed by atoms with Gasteiger partial charge in [-0.2, -0.15) is 0 Å². The fourth-order valence-corrected chi connectivity index (χ4v) is 2.27. The third kappa shape index (κ3) is 7.12. The van der Waals surface area contributed by atoms with Crippen molar-refractivity contribution < 1.29 is 23.8 Å². The molecule has 0 aliphatic carbocycles. The molecule has 1 aliphatic rings. The van der Waals surface area contributed by atoms with E-state index in [1.54, 1.807) is 0 Å². The number of aldehydes is 2. The van der Waals surface area contributed by atoms with E-state index in [4.69, 9.17) is 14.2 Å². The molecule has 0 saturated carbocycles. The van der Waals surface area contributed by atoms with Gasteiger partial charge in [-0.3, -0.25) is 0 Å². The van der Waals surface area contributed by atoms with E-state index < -0.39 is 0 Å². The summed E-state index contributed by atoms with van der Waals surface area (Å²) in [6.45, 7) is 3.29. The molecule has 0 amide bonds. The van der Waals surface area contributed by atoms with E-state index in [2.05, 4.69) is 0 Å². The van der Waals surface area contributed by atoms with Crippen molar-refractivity contribution in [1.82, 2.24) is 0 Å². The zero-order valence-electron chi connectivity index (χ0n) is 12.3. The van der Waals surface area contributed by atoms with E-state index in [-0.39, 0.29) is 18.5 Å². The Kier molecular flexibility index (Phi) is 9.45. The molecule has 5 nitrogen and oxygen atoms in total. The molecule has 1 aliphatic heterocycles. The third-order valence-corrected chi connectivity index (χ3v) is 3.41. The molecule has 1 saturated heterocycles. The van der Waals surface area contributed by atoms with Crippen LogP contribution in [-0.2, 0) is 23.8 Å². The molecule has 1 rings (SSSR count). The van der Waals surface area contributed by atoms with Crippen molar-refractivity contribution in [3.63, 3.8) is 0 Å². The molecule has 116 valence electrons. The Morgan fingerprint density at radius 2 is 1.90 bits per heavy atom. The Hall–Kier alpha value is -0.780. The monoisotopic (exact) mass is 286 g/mol. The standard InChI is InChI=1S/C15H26O5/c1-2-18-14-7-8-15(20-14)19-11-5-3-4-6-13(12-17)9-10-16/h10,12-15H,2-9,11H2,1H3. The van der Waals surface area contributed by atoms with Crippen LogP contribution in [0.1, 0.15) is 51.9 Å². The smallest absolute Gasteiger partial charge is 0.160 e. The summed E-state index contributed by atoms with van der Waals surface area (Å²) in [6, 6.07) is 0. The van der Waals surface area contributed by atoms with Crippen LogP contribution in [0.25, 0.3) is 0 Å². The van der Waals surface area contributed by atoms with E-state index in [9.17, 15) is 9.59 Å². The van der Waals surface area contributed by atoms with E-state index in [1.165, 1.54) is 0 Å². The summed E-state index contributed by atoms with van der Waals surface area (Å²) in [5, 5.41) is 0. The van der Waals surface area contributed by atoms with Crippen molar-refractivity contribution in [2.75, 3.05) is 13.2 Å². The third-order valence-electron chi connectivity index (χ3n) is 3.41. The Labute approximate surface area is 121 Å². The summed E-state index contributed by atoms with van der Waals surface area (Å²) in [5.74, 6) is -0.112. The lowest BCUT2D eigenvalue weighted by Crippen LogP contribution is -2.17. The number of carbonyl (C=O) groups excluding carboxylic acids is 2. The van der Waals surface area contributed by atoms with Crippen molar-refractivity contribution in [3.05, 3.63) is 0 Å². The van der Waals surface area contributed by atoms with Crippen LogP contribution >= 0.6 is 0 Å². The number of carbonyl (C=O) groups is 2. The molecule has 3 unspecified atom stereocenters. The van der Waals surface area contributed by atoms with E-state index >= 15 is 0 Å². The Morgan fingerprint density at radius 1 is 1.15 bits per heavy atom. The van der Waals surface area contributed by atoms with Gasteiger partial charge in [-0.25, -0.2) is 0 Å². The van der Waals surface area contributed by atoms with E-state index in [0.717, 1.165) is 51.1 Å². The van der Waals surface area contributed by atoms with Crippen molar-refractivity contribution in [2.45, 2.75) is 64.4 Å². The molecule has 0 bridgehead atoms. The van der Waals surface area contributed by atoms with Crippen molar-refractivity contribution in [3.8, 4) is 0 Å². The summed E-state index contributed by atoms with van der Waals surface area (Å²) < 4.78 is 16.6. The van der Waals surface area contributed by atoms with Crippen LogP contribution in [0.2, 0.25) is 0 Å². The molecule has 3 atom stereocenters. The molecule has 1 fully saturated rings. The Balaban J connectivity index is 1.95. The second-order valence-electron chi connectivity index (χ2n) is 5.05. The second kappa shape index (κ2) is 10.9. The predicted molar refractivity (Wildman–Crippen MR) is 74.2 cm³/mol. The highest BCUT2D eigenvalue weighted by Gasteiger charge is 2.25. The highest BCUT2D eigenvalue weighted by atomic mass is 16.8. The lowest BCUT2D eigenvalue weighted by atomic mass is 10.0. The molecule has 20 heavy (non-hydrogen) atoms. The minimum absolute atomic E-state index is 0.110. The summed E-state index contributed by atoms with van der Waals surface area (Å²) in [5.41, 5.74) is 0. The molecular weight excluding hydrogens is 260 g/mol. The van der Waals surface area contributed by atoms with E-state index in [1.807, 2.05) is 6.92 Å². The fraction of sp³-hybridized carbons (Fsp3) is 0.867. The Morgan fingerprint density at radius 3 is 2.55 bits per heavy atom. The average molecular weight is 286 g/mol. The summed E-state index contributed by atoms with van der Waals surface area (Å²) >= 11 is 0. The van der Waals surface area contributed by atoms with Crippen LogP contribution in [0.15, 0.2) is 0 Å². The fourth-order valence-electron chi connectivity index (χ4n) is 2.27. The van der Waals surface area contributed by atoms with Gasteiger partial charge in [-0.1, -0.05) is 12.8 Å². The topological polar surface area (TPSA) is 61.8 Å². The zero-order chi connectivity index (χ0) is 14.6. The van der Waals surface area contributed by atoms with E-state index in [0.29, 0.717) is 19.6 Å². The largest absolute Gasteiger partial charge is 0.353 e. The maximum atomic E-state index is 10.7. The van der Waals surface area contributed by atoms with Gasteiger partial charge in [0.1, 0.15) is 12.6 Å². The lowest BCUT2D eigenvalue weighted by molar-refractivity contribution is -0.203. The molecule has 0 aromatic rings. The van der Waals surface area contributed by atoms with Gasteiger partial charge in [-0.05, 0) is 19.8 Å². The van der Waals surface area contributed by atoms with Crippen molar-refractivity contribution in [1.29, 1.82) is 0 Å². The number of ether oxygens (including phenoxy) is 3. The van der Waals surface area contributed by atoms with Crippen LogP contribution < -0.4 is 0 Å². The SMILES string of the molecule is CCOC1CCC(OCCCCCC(C=O)CC=O)O1. The lowest BCUT2D eigenvalue weighted by Gasteiger charge is -2.14. The summed E-state index contributed by atoms with van der Waals surface area (Å²) in [6.07, 6.45) is 7.27. The molecule has 0 aromatic carbocycles. The number of hydrogen-bond donors (Lipinski definition) is 0. The first-order chi connectivity index (χ1) is 9.80. The van der Waals surface area contributed by atoms with Gasteiger partial charge in [0.15, 0.2) is 12.6 Å². The molecule has 0 spiro atoms. The first-order valence-electron chi connectivity index (χ1n) is 7.57. The van der Waals surface area contributed by atoms with Crippen LogP contribution in [0, 0.1) is 5.92 Å². The number of hydrogen-bond acceptors (Lipinski definition) is 5. The summed E-state index contributed by atoms with van der Waals surface area (Å²) in [7, 11) is 0. The van der Waals surface area contributed by atoms with Gasteiger partial charge in [0.2, 0.25) is 0 Å². The molecule has 5 heteroatoms. The van der Waals surface area contributed by atoms with Crippen molar-refractivity contribution >= 4 is 12.6 Å². The average Bonchev–Trinajstić information content (AvgIpc) is 2.89. The number of rotatable bonds is 12. The normalized spacial score (nSPS) is 23.6. The van der Waals surface area contributed by atoms with Gasteiger partial charge in [0.05, 0.1) is 0 Å². The van der Waals surface area contributed by atoms with Gasteiger partial charge in [-0.15, -0.1) is 0 Å². The van der Waals surface area contributed by atoms with Gasteiger partial charge < -0.3 is 23.8 Å². The molecular formula is C15H26O5. The first-order valence-corrected chi connectivity index (χ1v) is 7.57. The molecule has 1 heterocycles. The quantitative estimate of drug-likeness (QED) is 0.407. The van der Waals surface area contributed by atoms with Crippen LogP contribution in [0.4, 0.5) is 0 Å². The first kappa shape index (κ1) is 17.3. The number of unbranched alkanes of at least 4 members (excludes halogenated alkanes) is 2. The van der Waals surface area contributed by atoms with Crippen LogP contribution in [-0.4, -0.2) is 38.4 Å². The summed E-state index contributed by atoms with van der Waals surface area (Å²) in [4.78, 5) is 21.0. The van der Waals surface area contributed by atoms with Crippen LogP contribution in [0.3, 0.4) is 0 Å². The molecule has 0 radical (unpaired) electrons. The highest BCUT2D eigenvalue weighted by Crippen LogP contribution is 2.21. The van der Waals surface area contributed by atoms with Gasteiger partial charge >= 0.3 is 0 Å². The highest BCUT2D eigenvalue weighted by molar-refractivity contribution is 5.61. The minimum Gasteiger partial charge on any atom is -0.353 e.